The van der Waals surface area contributed by atoms with Gasteiger partial charge in [-0.3, -0.25) is 14.4 Å². The third-order valence-electron chi connectivity index (χ3n) is 6.36. The highest BCUT2D eigenvalue weighted by Crippen LogP contribution is 2.29. The Labute approximate surface area is 188 Å². The van der Waals surface area contributed by atoms with Crippen molar-refractivity contribution in [2.75, 3.05) is 37.0 Å². The van der Waals surface area contributed by atoms with Gasteiger partial charge in [-0.1, -0.05) is 29.8 Å². The second kappa shape index (κ2) is 9.42. The Balaban J connectivity index is 1.31. The highest BCUT2D eigenvalue weighted by molar-refractivity contribution is 6.00. The van der Waals surface area contributed by atoms with Crippen molar-refractivity contribution in [2.45, 2.75) is 26.2 Å². The van der Waals surface area contributed by atoms with Crippen LogP contribution in [0.1, 0.15) is 24.8 Å². The highest BCUT2D eigenvalue weighted by atomic mass is 16.5. The quantitative estimate of drug-likeness (QED) is 0.782. The van der Waals surface area contributed by atoms with E-state index in [-0.39, 0.29) is 36.0 Å². The van der Waals surface area contributed by atoms with E-state index in [1.165, 1.54) is 0 Å². The lowest BCUT2D eigenvalue weighted by atomic mass is 9.94. The fourth-order valence-corrected chi connectivity index (χ4v) is 4.45. The molecular formula is C25H29N3O4. The van der Waals surface area contributed by atoms with Crippen LogP contribution in [0, 0.1) is 18.8 Å². The Morgan fingerprint density at radius 3 is 2.38 bits per heavy atom. The van der Waals surface area contributed by atoms with E-state index in [9.17, 15) is 14.4 Å². The molecule has 7 nitrogen and oxygen atoms in total. The Morgan fingerprint density at radius 2 is 1.69 bits per heavy atom. The van der Waals surface area contributed by atoms with E-state index >= 15 is 0 Å². The molecule has 0 unspecified atom stereocenters. The zero-order chi connectivity index (χ0) is 22.7. The Morgan fingerprint density at radius 1 is 1.00 bits per heavy atom. The van der Waals surface area contributed by atoms with E-state index < -0.39 is 0 Å². The largest absolute Gasteiger partial charge is 0.495 e. The number of nitrogens with one attached hydrogen (secondary N) is 1. The monoisotopic (exact) mass is 435 g/mol. The van der Waals surface area contributed by atoms with Gasteiger partial charge in [0.05, 0.1) is 18.7 Å². The molecule has 0 bridgehead atoms. The minimum atomic E-state index is -0.331. The van der Waals surface area contributed by atoms with Gasteiger partial charge in [0.1, 0.15) is 5.75 Å². The van der Waals surface area contributed by atoms with Gasteiger partial charge < -0.3 is 19.9 Å². The van der Waals surface area contributed by atoms with Crippen LogP contribution in [0.4, 0.5) is 11.4 Å². The predicted molar refractivity (Wildman–Crippen MR) is 123 cm³/mol. The van der Waals surface area contributed by atoms with Gasteiger partial charge in [0.25, 0.3) is 0 Å². The number of anilines is 2. The van der Waals surface area contributed by atoms with Crippen molar-refractivity contribution in [2.24, 2.45) is 11.8 Å². The van der Waals surface area contributed by atoms with Crippen molar-refractivity contribution >= 4 is 29.1 Å². The molecule has 1 N–H and O–H groups in total. The molecule has 2 heterocycles. The van der Waals surface area contributed by atoms with Crippen molar-refractivity contribution in [1.29, 1.82) is 0 Å². The molecule has 7 heteroatoms. The summed E-state index contributed by atoms with van der Waals surface area (Å²) in [7, 11) is 1.57. The molecule has 0 radical (unpaired) electrons. The molecule has 2 aliphatic rings. The van der Waals surface area contributed by atoms with Crippen molar-refractivity contribution in [3.05, 3.63) is 54.1 Å². The summed E-state index contributed by atoms with van der Waals surface area (Å²) in [6, 6.07) is 15.1. The molecule has 2 aromatic carbocycles. The molecule has 0 spiro atoms. The summed E-state index contributed by atoms with van der Waals surface area (Å²) in [6.07, 6.45) is 1.45. The van der Waals surface area contributed by atoms with E-state index in [0.29, 0.717) is 43.9 Å². The van der Waals surface area contributed by atoms with E-state index in [1.54, 1.807) is 18.1 Å². The molecule has 0 aliphatic carbocycles. The topological polar surface area (TPSA) is 79.0 Å². The number of para-hydroxylation sites is 2. The number of aryl methyl sites for hydroxylation is 1. The van der Waals surface area contributed by atoms with E-state index in [2.05, 4.69) is 5.32 Å². The van der Waals surface area contributed by atoms with Crippen LogP contribution in [0.15, 0.2) is 48.5 Å². The molecule has 32 heavy (non-hydrogen) atoms. The SMILES string of the molecule is COc1ccccc1NC(=O)C1CCN(C(=O)[C@@H]2CC(=O)N(c3ccc(C)cc3)C2)CC1. The second-order valence-electron chi connectivity index (χ2n) is 8.53. The van der Waals surface area contributed by atoms with Crippen LogP contribution in [-0.2, 0) is 14.4 Å². The number of rotatable bonds is 5. The summed E-state index contributed by atoms with van der Waals surface area (Å²) in [6.45, 7) is 3.47. The molecule has 4 rings (SSSR count). The number of hydrogen-bond donors (Lipinski definition) is 1. The number of amides is 3. The molecular weight excluding hydrogens is 406 g/mol. The highest BCUT2D eigenvalue weighted by Gasteiger charge is 2.38. The summed E-state index contributed by atoms with van der Waals surface area (Å²) >= 11 is 0. The molecule has 2 aliphatic heterocycles. The maximum absolute atomic E-state index is 13.1. The Hall–Kier alpha value is -3.35. The minimum Gasteiger partial charge on any atom is -0.495 e. The first kappa shape index (κ1) is 21.9. The van der Waals surface area contributed by atoms with E-state index in [1.807, 2.05) is 54.3 Å². The normalized spacial score (nSPS) is 19.2. The number of ether oxygens (including phenoxy) is 1. The lowest BCUT2D eigenvalue weighted by Gasteiger charge is -2.33. The molecule has 2 saturated heterocycles. The standard InChI is InChI=1S/C25H29N3O4/c1-17-7-9-20(10-8-17)28-16-19(15-23(28)29)25(31)27-13-11-18(12-14-27)24(30)26-21-5-3-4-6-22(21)32-2/h3-10,18-19H,11-16H2,1-2H3,(H,26,30)/t19-/m1/s1. The van der Waals surface area contributed by atoms with Gasteiger partial charge >= 0.3 is 0 Å². The summed E-state index contributed by atoms with van der Waals surface area (Å²) in [5.41, 5.74) is 2.62. The number of benzene rings is 2. The zero-order valence-corrected chi connectivity index (χ0v) is 18.5. The van der Waals surface area contributed by atoms with Crippen molar-refractivity contribution in [3.63, 3.8) is 0 Å². The predicted octanol–water partition coefficient (Wildman–Crippen LogP) is 3.23. The number of carbonyl (C=O) groups is 3. The van der Waals surface area contributed by atoms with Crippen LogP contribution in [0.5, 0.6) is 5.75 Å². The van der Waals surface area contributed by atoms with Crippen LogP contribution in [-0.4, -0.2) is 49.4 Å². The number of likely N-dealkylation sites (tertiary alicyclic amines) is 1. The zero-order valence-electron chi connectivity index (χ0n) is 18.5. The van der Waals surface area contributed by atoms with Gasteiger partial charge in [-0.2, -0.15) is 0 Å². The molecule has 2 aromatic rings. The fourth-order valence-electron chi connectivity index (χ4n) is 4.45. The lowest BCUT2D eigenvalue weighted by molar-refractivity contribution is -0.138. The van der Waals surface area contributed by atoms with Crippen LogP contribution in [0.2, 0.25) is 0 Å². The average Bonchev–Trinajstić information content (AvgIpc) is 3.21. The third-order valence-corrected chi connectivity index (χ3v) is 6.36. The number of carbonyl (C=O) groups excluding carboxylic acids is 3. The fraction of sp³-hybridized carbons (Fsp3) is 0.400. The molecule has 2 fully saturated rings. The van der Waals surface area contributed by atoms with Gasteiger partial charge in [-0.05, 0) is 44.0 Å². The number of hydrogen-bond acceptors (Lipinski definition) is 4. The molecule has 3 amide bonds. The van der Waals surface area contributed by atoms with Gasteiger partial charge in [0.2, 0.25) is 17.7 Å². The summed E-state index contributed by atoms with van der Waals surface area (Å²) in [4.78, 5) is 41.8. The maximum atomic E-state index is 13.1. The molecule has 168 valence electrons. The summed E-state index contributed by atoms with van der Waals surface area (Å²) in [5.74, 6) is 0.0801. The van der Waals surface area contributed by atoms with Gasteiger partial charge in [0, 0.05) is 37.7 Å². The van der Waals surface area contributed by atoms with Gasteiger partial charge in [-0.25, -0.2) is 0 Å². The van der Waals surface area contributed by atoms with Crippen LogP contribution < -0.4 is 15.0 Å². The van der Waals surface area contributed by atoms with Crippen LogP contribution in [0.25, 0.3) is 0 Å². The Kier molecular flexibility index (Phi) is 6.44. The number of nitrogens with zero attached hydrogens (tertiary/aromatic N) is 2. The molecule has 0 saturated carbocycles. The van der Waals surface area contributed by atoms with Crippen molar-refractivity contribution in [1.82, 2.24) is 4.90 Å². The van der Waals surface area contributed by atoms with Gasteiger partial charge in [-0.15, -0.1) is 0 Å². The van der Waals surface area contributed by atoms with Crippen molar-refractivity contribution < 1.29 is 19.1 Å². The van der Waals surface area contributed by atoms with Crippen molar-refractivity contribution in [3.8, 4) is 5.75 Å². The van der Waals surface area contributed by atoms with Crippen LogP contribution >= 0.6 is 0 Å². The first-order valence-electron chi connectivity index (χ1n) is 11.1. The number of piperidine rings is 1. The second-order valence-corrected chi connectivity index (χ2v) is 8.53. The summed E-state index contributed by atoms with van der Waals surface area (Å²) < 4.78 is 5.29. The van der Waals surface area contributed by atoms with Gasteiger partial charge in [0.15, 0.2) is 0 Å². The first-order chi connectivity index (χ1) is 15.5. The summed E-state index contributed by atoms with van der Waals surface area (Å²) in [5, 5.41) is 2.95. The third kappa shape index (κ3) is 4.61. The molecule has 0 aromatic heterocycles. The first-order valence-corrected chi connectivity index (χ1v) is 11.1. The number of methoxy groups -OCH3 is 1. The maximum Gasteiger partial charge on any atom is 0.228 e. The molecule has 1 atom stereocenters. The van der Waals surface area contributed by atoms with E-state index in [0.717, 1.165) is 11.3 Å². The minimum absolute atomic E-state index is 0.0107. The Bertz CT molecular complexity index is 997. The lowest BCUT2D eigenvalue weighted by Crippen LogP contribution is -2.44. The average molecular weight is 436 g/mol. The van der Waals surface area contributed by atoms with E-state index in [4.69, 9.17) is 4.74 Å². The van der Waals surface area contributed by atoms with Crippen LogP contribution in [0.3, 0.4) is 0 Å². The smallest absolute Gasteiger partial charge is 0.228 e.